The molecule has 2 saturated heterocycles. The number of carbonyl (C=O) groups is 3. The molecule has 3 aliphatic heterocycles. The van der Waals surface area contributed by atoms with E-state index in [1.807, 2.05) is 4.90 Å². The van der Waals surface area contributed by atoms with E-state index in [2.05, 4.69) is 5.32 Å². The molecular formula is C23H22N4O5. The predicted octanol–water partition coefficient (Wildman–Crippen LogP) is 3.17. The number of barbiturate groups is 1. The zero-order valence-electron chi connectivity index (χ0n) is 17.3. The lowest BCUT2D eigenvalue weighted by Gasteiger charge is -2.51. The van der Waals surface area contributed by atoms with Crippen molar-refractivity contribution in [2.75, 3.05) is 16.3 Å². The first-order valence-electron chi connectivity index (χ1n) is 10.7. The quantitative estimate of drug-likeness (QED) is 0.441. The molecule has 2 aromatic carbocycles. The Kier molecular flexibility index (Phi) is 4.69. The lowest BCUT2D eigenvalue weighted by molar-refractivity contribution is -0.384. The highest BCUT2D eigenvalue weighted by Crippen LogP contribution is 2.48. The van der Waals surface area contributed by atoms with Crippen LogP contribution in [-0.2, 0) is 16.0 Å². The molecule has 0 radical (unpaired) electrons. The minimum Gasteiger partial charge on any atom is -0.367 e. The number of para-hydroxylation sites is 1. The maximum Gasteiger partial charge on any atom is 0.335 e. The number of amides is 4. The van der Waals surface area contributed by atoms with Gasteiger partial charge in [-0.1, -0.05) is 31.0 Å². The van der Waals surface area contributed by atoms with Crippen LogP contribution in [0.5, 0.6) is 0 Å². The lowest BCUT2D eigenvalue weighted by atomic mass is 9.67. The Morgan fingerprint density at radius 2 is 1.81 bits per heavy atom. The molecule has 2 fully saturated rings. The van der Waals surface area contributed by atoms with Crippen LogP contribution in [-0.4, -0.2) is 35.4 Å². The third-order valence-corrected chi connectivity index (χ3v) is 6.80. The van der Waals surface area contributed by atoms with Crippen LogP contribution in [0.25, 0.3) is 0 Å². The van der Waals surface area contributed by atoms with Gasteiger partial charge in [0, 0.05) is 30.8 Å². The van der Waals surface area contributed by atoms with Gasteiger partial charge in [0.25, 0.3) is 11.6 Å². The van der Waals surface area contributed by atoms with Crippen molar-refractivity contribution in [1.29, 1.82) is 0 Å². The molecule has 0 saturated carbocycles. The average molecular weight is 434 g/mol. The number of hydrogen-bond acceptors (Lipinski definition) is 6. The highest BCUT2D eigenvalue weighted by atomic mass is 16.6. The molecule has 2 aromatic rings. The Balaban J connectivity index is 1.69. The van der Waals surface area contributed by atoms with E-state index in [0.717, 1.165) is 29.8 Å². The first-order chi connectivity index (χ1) is 15.4. The Hall–Kier alpha value is -3.75. The van der Waals surface area contributed by atoms with Crippen LogP contribution in [0.4, 0.5) is 21.9 Å². The normalized spacial score (nSPS) is 25.1. The number of urea groups is 1. The second-order valence-electron chi connectivity index (χ2n) is 8.51. The summed E-state index contributed by atoms with van der Waals surface area (Å²) in [5.41, 5.74) is 0.134. The number of anilines is 2. The number of nitrogens with one attached hydrogen (secondary N) is 1. The molecule has 32 heavy (non-hydrogen) atoms. The van der Waals surface area contributed by atoms with E-state index in [4.69, 9.17) is 0 Å². The summed E-state index contributed by atoms with van der Waals surface area (Å²) in [6.45, 7) is 0.636. The molecule has 0 aliphatic carbocycles. The van der Waals surface area contributed by atoms with Crippen molar-refractivity contribution >= 4 is 34.9 Å². The monoisotopic (exact) mass is 434 g/mol. The standard InChI is InChI=1S/C23H22N4O5/c28-20-23(21(29)26(22(30)24-20)16-7-3-1-4-8-16)14-15-13-17(27(31)32)10-11-18(15)25-12-6-2-5-9-19(23)25/h1,3-4,7-8,10-11,13,19H,2,5-6,9,12,14H2,(H,24,28,30)/t19-,23-/m0/s1. The van der Waals surface area contributed by atoms with Crippen molar-refractivity contribution in [3.8, 4) is 0 Å². The molecule has 0 bridgehead atoms. The van der Waals surface area contributed by atoms with Gasteiger partial charge in [0.15, 0.2) is 5.41 Å². The lowest BCUT2D eigenvalue weighted by Crippen LogP contribution is -2.72. The number of nitro groups is 1. The number of carbonyl (C=O) groups excluding carboxylic acids is 3. The summed E-state index contributed by atoms with van der Waals surface area (Å²) < 4.78 is 0. The molecular weight excluding hydrogens is 412 g/mol. The molecule has 1 spiro atoms. The van der Waals surface area contributed by atoms with Crippen LogP contribution in [0, 0.1) is 15.5 Å². The van der Waals surface area contributed by atoms with Gasteiger partial charge in [0.2, 0.25) is 5.91 Å². The Morgan fingerprint density at radius 3 is 2.56 bits per heavy atom. The fourth-order valence-electron chi connectivity index (χ4n) is 5.35. The Bertz CT molecular complexity index is 1130. The van der Waals surface area contributed by atoms with Crippen molar-refractivity contribution in [3.63, 3.8) is 0 Å². The molecule has 4 amide bonds. The van der Waals surface area contributed by atoms with Crippen LogP contribution in [0.2, 0.25) is 0 Å². The van der Waals surface area contributed by atoms with Gasteiger partial charge >= 0.3 is 6.03 Å². The second-order valence-corrected chi connectivity index (χ2v) is 8.51. The van der Waals surface area contributed by atoms with Crippen LogP contribution in [0.3, 0.4) is 0 Å². The molecule has 164 valence electrons. The fourth-order valence-corrected chi connectivity index (χ4v) is 5.35. The summed E-state index contributed by atoms with van der Waals surface area (Å²) in [4.78, 5) is 54.2. The van der Waals surface area contributed by atoms with Gasteiger partial charge in [-0.05, 0) is 36.6 Å². The SMILES string of the molecule is O=C1NC(=O)[C@@]2(Cc3cc([N+](=O)[O-])ccc3N3CCCCC[C@H]32)C(=O)N1c1ccccc1. The van der Waals surface area contributed by atoms with Crippen molar-refractivity contribution in [1.82, 2.24) is 5.32 Å². The van der Waals surface area contributed by atoms with Crippen LogP contribution in [0.1, 0.15) is 31.2 Å². The van der Waals surface area contributed by atoms with Gasteiger partial charge in [-0.15, -0.1) is 0 Å². The molecule has 2 atom stereocenters. The van der Waals surface area contributed by atoms with Crippen molar-refractivity contribution in [2.45, 2.75) is 38.1 Å². The predicted molar refractivity (Wildman–Crippen MR) is 116 cm³/mol. The molecule has 0 aromatic heterocycles. The minimum absolute atomic E-state index is 0.00641. The molecule has 0 unspecified atom stereocenters. The number of non-ortho nitro benzene ring substituents is 1. The van der Waals surface area contributed by atoms with Crippen molar-refractivity contribution < 1.29 is 19.3 Å². The molecule has 5 rings (SSSR count). The first-order valence-corrected chi connectivity index (χ1v) is 10.7. The summed E-state index contributed by atoms with van der Waals surface area (Å²) in [6.07, 6.45) is 3.33. The van der Waals surface area contributed by atoms with Gasteiger partial charge in [-0.2, -0.15) is 0 Å². The number of nitro benzene ring substituents is 1. The largest absolute Gasteiger partial charge is 0.367 e. The highest BCUT2D eigenvalue weighted by molar-refractivity contribution is 6.30. The number of rotatable bonds is 2. The topological polar surface area (TPSA) is 113 Å². The van der Waals surface area contributed by atoms with E-state index < -0.39 is 34.2 Å². The molecule has 3 aliphatic rings. The number of hydrogen-bond donors (Lipinski definition) is 1. The number of fused-ring (bicyclic) bond motifs is 4. The number of nitrogens with zero attached hydrogens (tertiary/aromatic N) is 3. The van der Waals surface area contributed by atoms with Crippen molar-refractivity contribution in [2.24, 2.45) is 5.41 Å². The smallest absolute Gasteiger partial charge is 0.335 e. The Morgan fingerprint density at radius 1 is 1.03 bits per heavy atom. The number of imide groups is 2. The third-order valence-electron chi connectivity index (χ3n) is 6.80. The zero-order valence-corrected chi connectivity index (χ0v) is 17.3. The van der Waals surface area contributed by atoms with E-state index in [1.165, 1.54) is 12.1 Å². The van der Waals surface area contributed by atoms with E-state index in [0.29, 0.717) is 24.2 Å². The van der Waals surface area contributed by atoms with Crippen LogP contribution >= 0.6 is 0 Å². The fraction of sp³-hybridized carbons (Fsp3) is 0.348. The minimum atomic E-state index is -1.55. The van der Waals surface area contributed by atoms with E-state index in [-0.39, 0.29) is 12.1 Å². The summed E-state index contributed by atoms with van der Waals surface area (Å²) in [5, 5.41) is 13.8. The van der Waals surface area contributed by atoms with Gasteiger partial charge in [0.1, 0.15) is 0 Å². The van der Waals surface area contributed by atoms with Gasteiger partial charge in [-0.3, -0.25) is 25.0 Å². The average Bonchev–Trinajstić information content (AvgIpc) is 3.04. The van der Waals surface area contributed by atoms with E-state index in [9.17, 15) is 24.5 Å². The van der Waals surface area contributed by atoms with E-state index in [1.54, 1.807) is 36.4 Å². The van der Waals surface area contributed by atoms with E-state index >= 15 is 0 Å². The van der Waals surface area contributed by atoms with Crippen LogP contribution < -0.4 is 15.1 Å². The van der Waals surface area contributed by atoms with Crippen molar-refractivity contribution in [3.05, 3.63) is 64.2 Å². The summed E-state index contributed by atoms with van der Waals surface area (Å²) in [5.74, 6) is -1.21. The first kappa shape index (κ1) is 20.2. The number of benzene rings is 2. The van der Waals surface area contributed by atoms with Crippen LogP contribution in [0.15, 0.2) is 48.5 Å². The van der Waals surface area contributed by atoms with Gasteiger partial charge in [0.05, 0.1) is 16.7 Å². The molecule has 1 N–H and O–H groups in total. The molecule has 9 nitrogen and oxygen atoms in total. The summed E-state index contributed by atoms with van der Waals surface area (Å²) in [6, 6.07) is 11.9. The third kappa shape index (κ3) is 2.88. The Labute approximate surface area is 184 Å². The van der Waals surface area contributed by atoms with Gasteiger partial charge in [-0.25, -0.2) is 9.69 Å². The summed E-state index contributed by atoms with van der Waals surface area (Å²) >= 11 is 0. The van der Waals surface area contributed by atoms with Gasteiger partial charge < -0.3 is 4.90 Å². The second kappa shape index (κ2) is 7.44. The summed E-state index contributed by atoms with van der Waals surface area (Å²) in [7, 11) is 0. The highest BCUT2D eigenvalue weighted by Gasteiger charge is 2.62. The maximum absolute atomic E-state index is 14.0. The maximum atomic E-state index is 14.0. The zero-order chi connectivity index (χ0) is 22.5. The molecule has 9 heteroatoms. The molecule has 3 heterocycles.